The van der Waals surface area contributed by atoms with Crippen molar-refractivity contribution in [3.05, 3.63) is 35.4 Å². The minimum Gasteiger partial charge on any atom is -0.496 e. The third kappa shape index (κ3) is 4.07. The minimum atomic E-state index is -0.390. The Labute approximate surface area is 124 Å². The highest BCUT2D eigenvalue weighted by molar-refractivity contribution is 6.01. The molecule has 5 heteroatoms. The van der Waals surface area contributed by atoms with Gasteiger partial charge in [-0.15, -0.1) is 0 Å². The Balaban J connectivity index is 2.05. The molecule has 5 nitrogen and oxygen atoms in total. The number of nitrogens with one attached hydrogen (secondary N) is 1. The molecule has 1 aliphatic rings. The number of carbonyl (C=O) groups is 1. The molecule has 0 saturated carbocycles. The molecular formula is C16H18N2O3. The van der Waals surface area contributed by atoms with E-state index in [1.54, 1.807) is 19.2 Å². The SMILES string of the molecule is COc1ccccc1/C=C(/C#N)C(=O)NC[C@H]1CCCO1. The molecule has 2 rings (SSSR count). The van der Waals surface area contributed by atoms with Crippen molar-refractivity contribution in [3.8, 4) is 11.8 Å². The van der Waals surface area contributed by atoms with Crippen LogP contribution in [0.25, 0.3) is 6.08 Å². The molecule has 1 aliphatic heterocycles. The summed E-state index contributed by atoms with van der Waals surface area (Å²) in [6.07, 6.45) is 3.55. The van der Waals surface area contributed by atoms with Gasteiger partial charge in [0.25, 0.3) is 5.91 Å². The quantitative estimate of drug-likeness (QED) is 0.663. The topological polar surface area (TPSA) is 71.3 Å². The summed E-state index contributed by atoms with van der Waals surface area (Å²) in [5, 5.41) is 11.9. The lowest BCUT2D eigenvalue weighted by atomic mass is 10.1. The average Bonchev–Trinajstić information content (AvgIpc) is 3.04. The zero-order valence-corrected chi connectivity index (χ0v) is 12.0. The Morgan fingerprint density at radius 3 is 3.05 bits per heavy atom. The third-order valence-corrected chi connectivity index (χ3v) is 3.32. The fraction of sp³-hybridized carbons (Fsp3) is 0.375. The summed E-state index contributed by atoms with van der Waals surface area (Å²) in [5.41, 5.74) is 0.751. The minimum absolute atomic E-state index is 0.0532. The van der Waals surface area contributed by atoms with Gasteiger partial charge in [-0.2, -0.15) is 5.26 Å². The molecule has 1 heterocycles. The number of benzene rings is 1. The summed E-state index contributed by atoms with van der Waals surface area (Å²) in [6, 6.07) is 9.17. The summed E-state index contributed by atoms with van der Waals surface area (Å²) in [5.74, 6) is 0.232. The average molecular weight is 286 g/mol. The molecule has 0 aliphatic carbocycles. The maximum atomic E-state index is 12.0. The molecule has 0 spiro atoms. The fourth-order valence-corrected chi connectivity index (χ4v) is 2.20. The van der Waals surface area contributed by atoms with Crippen molar-refractivity contribution in [2.45, 2.75) is 18.9 Å². The first-order valence-corrected chi connectivity index (χ1v) is 6.89. The van der Waals surface area contributed by atoms with E-state index in [9.17, 15) is 4.79 Å². The molecule has 1 atom stereocenters. The summed E-state index contributed by atoms with van der Waals surface area (Å²) >= 11 is 0. The lowest BCUT2D eigenvalue weighted by molar-refractivity contribution is -0.117. The van der Waals surface area contributed by atoms with Gasteiger partial charge in [-0.05, 0) is 25.0 Å². The maximum Gasteiger partial charge on any atom is 0.262 e. The van der Waals surface area contributed by atoms with Gasteiger partial charge in [-0.25, -0.2) is 0 Å². The summed E-state index contributed by atoms with van der Waals surface area (Å²) in [6.45, 7) is 1.17. The van der Waals surface area contributed by atoms with Crippen molar-refractivity contribution >= 4 is 12.0 Å². The second-order valence-electron chi connectivity index (χ2n) is 4.76. The Bertz CT molecular complexity index is 569. The predicted molar refractivity (Wildman–Crippen MR) is 78.6 cm³/mol. The van der Waals surface area contributed by atoms with Crippen LogP contribution in [0.2, 0.25) is 0 Å². The van der Waals surface area contributed by atoms with Gasteiger partial charge in [-0.1, -0.05) is 18.2 Å². The van der Waals surface area contributed by atoms with Crippen molar-refractivity contribution in [2.24, 2.45) is 0 Å². The van der Waals surface area contributed by atoms with E-state index in [0.29, 0.717) is 17.9 Å². The van der Waals surface area contributed by atoms with Crippen molar-refractivity contribution in [1.82, 2.24) is 5.32 Å². The van der Waals surface area contributed by atoms with Crippen molar-refractivity contribution in [3.63, 3.8) is 0 Å². The highest BCUT2D eigenvalue weighted by Gasteiger charge is 2.17. The predicted octanol–water partition coefficient (Wildman–Crippen LogP) is 1.90. The summed E-state index contributed by atoms with van der Waals surface area (Å²) in [7, 11) is 1.55. The lowest BCUT2D eigenvalue weighted by Crippen LogP contribution is -2.32. The number of amides is 1. The smallest absolute Gasteiger partial charge is 0.262 e. The fourth-order valence-electron chi connectivity index (χ4n) is 2.20. The maximum absolute atomic E-state index is 12.0. The van der Waals surface area contributed by atoms with Gasteiger partial charge >= 0.3 is 0 Å². The van der Waals surface area contributed by atoms with Gasteiger partial charge in [0.05, 0.1) is 13.2 Å². The van der Waals surface area contributed by atoms with Crippen LogP contribution in [0, 0.1) is 11.3 Å². The molecule has 0 radical (unpaired) electrons. The first-order chi connectivity index (χ1) is 10.2. The van der Waals surface area contributed by atoms with Crippen molar-refractivity contribution < 1.29 is 14.3 Å². The molecule has 1 aromatic carbocycles. The summed E-state index contributed by atoms with van der Waals surface area (Å²) < 4.78 is 10.6. The molecule has 1 amide bonds. The van der Waals surface area contributed by atoms with Gasteiger partial charge in [0.1, 0.15) is 17.4 Å². The van der Waals surface area contributed by atoms with Crippen LogP contribution in [0.1, 0.15) is 18.4 Å². The van der Waals surface area contributed by atoms with Gasteiger partial charge in [0.2, 0.25) is 0 Å². The zero-order valence-electron chi connectivity index (χ0n) is 12.0. The van der Waals surface area contributed by atoms with Crippen molar-refractivity contribution in [1.29, 1.82) is 5.26 Å². The number of methoxy groups -OCH3 is 1. The van der Waals surface area contributed by atoms with Crippen LogP contribution in [0.4, 0.5) is 0 Å². The number of carbonyl (C=O) groups excluding carboxylic acids is 1. The van der Waals surface area contributed by atoms with E-state index >= 15 is 0 Å². The van der Waals surface area contributed by atoms with Crippen LogP contribution in [-0.2, 0) is 9.53 Å². The van der Waals surface area contributed by atoms with E-state index in [1.807, 2.05) is 18.2 Å². The molecule has 0 aromatic heterocycles. The van der Waals surface area contributed by atoms with E-state index in [0.717, 1.165) is 19.4 Å². The second-order valence-corrected chi connectivity index (χ2v) is 4.76. The highest BCUT2D eigenvalue weighted by atomic mass is 16.5. The van der Waals surface area contributed by atoms with E-state index in [2.05, 4.69) is 5.32 Å². The normalized spacial score (nSPS) is 18.1. The molecule has 1 aromatic rings. The largest absolute Gasteiger partial charge is 0.496 e. The second kappa shape index (κ2) is 7.46. The third-order valence-electron chi connectivity index (χ3n) is 3.32. The molecule has 1 saturated heterocycles. The Morgan fingerprint density at radius 1 is 1.57 bits per heavy atom. The number of rotatable bonds is 5. The Hall–Kier alpha value is -2.32. The lowest BCUT2D eigenvalue weighted by Gasteiger charge is -2.10. The number of nitrogens with zero attached hydrogens (tertiary/aromatic N) is 1. The number of para-hydroxylation sites is 1. The standard InChI is InChI=1S/C16H18N2O3/c1-20-15-7-3-2-5-12(15)9-13(10-17)16(19)18-11-14-6-4-8-21-14/h2-3,5,7,9,14H,4,6,8,11H2,1H3,(H,18,19)/b13-9-/t14-/m1/s1. The molecular weight excluding hydrogens is 268 g/mol. The Kier molecular flexibility index (Phi) is 5.35. The monoisotopic (exact) mass is 286 g/mol. The molecule has 0 bridgehead atoms. The first-order valence-electron chi connectivity index (χ1n) is 6.89. The Morgan fingerprint density at radius 2 is 2.38 bits per heavy atom. The molecule has 1 fully saturated rings. The van der Waals surface area contributed by atoms with Crippen LogP contribution in [0.15, 0.2) is 29.8 Å². The number of hydrogen-bond donors (Lipinski definition) is 1. The van der Waals surface area contributed by atoms with E-state index in [-0.39, 0.29) is 17.6 Å². The van der Waals surface area contributed by atoms with Gasteiger partial charge in [-0.3, -0.25) is 4.79 Å². The highest BCUT2D eigenvalue weighted by Crippen LogP contribution is 2.20. The van der Waals surface area contributed by atoms with Crippen LogP contribution in [-0.4, -0.2) is 32.3 Å². The van der Waals surface area contributed by atoms with Crippen LogP contribution < -0.4 is 10.1 Å². The van der Waals surface area contributed by atoms with E-state index in [4.69, 9.17) is 14.7 Å². The van der Waals surface area contributed by atoms with Crippen molar-refractivity contribution in [2.75, 3.05) is 20.3 Å². The molecule has 0 unspecified atom stereocenters. The van der Waals surface area contributed by atoms with E-state index < -0.39 is 0 Å². The number of hydrogen-bond acceptors (Lipinski definition) is 4. The molecule has 21 heavy (non-hydrogen) atoms. The summed E-state index contributed by atoms with van der Waals surface area (Å²) in [4.78, 5) is 12.0. The first kappa shape index (κ1) is 15.1. The number of ether oxygens (including phenoxy) is 2. The number of nitriles is 1. The van der Waals surface area contributed by atoms with Crippen LogP contribution in [0.3, 0.4) is 0 Å². The molecule has 1 N–H and O–H groups in total. The van der Waals surface area contributed by atoms with Gasteiger partial charge < -0.3 is 14.8 Å². The van der Waals surface area contributed by atoms with Gasteiger partial charge in [0.15, 0.2) is 0 Å². The zero-order chi connectivity index (χ0) is 15.1. The van der Waals surface area contributed by atoms with Crippen LogP contribution in [0.5, 0.6) is 5.75 Å². The molecule has 110 valence electrons. The van der Waals surface area contributed by atoms with Gasteiger partial charge in [0, 0.05) is 18.7 Å². The van der Waals surface area contributed by atoms with E-state index in [1.165, 1.54) is 6.08 Å². The van der Waals surface area contributed by atoms with Crippen LogP contribution >= 0.6 is 0 Å².